The fourth-order valence-electron chi connectivity index (χ4n) is 3.37. The van der Waals surface area contributed by atoms with Gasteiger partial charge in [0.2, 0.25) is 0 Å². The average Bonchev–Trinajstić information content (AvgIpc) is 3.21. The highest BCUT2D eigenvalue weighted by atomic mass is 19.1. The molecule has 1 aliphatic rings. The first kappa shape index (κ1) is 18.4. The zero-order valence-corrected chi connectivity index (χ0v) is 15.8. The summed E-state index contributed by atoms with van der Waals surface area (Å²) in [5, 5.41) is 3.90. The van der Waals surface area contributed by atoms with Gasteiger partial charge in [-0.2, -0.15) is 0 Å². The van der Waals surface area contributed by atoms with Gasteiger partial charge in [0.25, 0.3) is 5.91 Å². The number of piperazine rings is 1. The van der Waals surface area contributed by atoms with Crippen molar-refractivity contribution in [1.29, 1.82) is 0 Å². The third kappa shape index (κ3) is 3.97. The molecule has 28 heavy (non-hydrogen) atoms. The van der Waals surface area contributed by atoms with Crippen LogP contribution in [0.25, 0.3) is 11.3 Å². The lowest BCUT2D eigenvalue weighted by Crippen LogP contribution is -2.48. The molecule has 2 aromatic carbocycles. The molecule has 1 amide bonds. The molecule has 3 aromatic rings. The largest absolute Gasteiger partial charge is 0.355 e. The summed E-state index contributed by atoms with van der Waals surface area (Å²) in [5.41, 5.74) is 2.66. The number of carbonyl (C=O) groups is 1. The van der Waals surface area contributed by atoms with E-state index in [1.807, 2.05) is 18.2 Å². The highest BCUT2D eigenvalue weighted by Crippen LogP contribution is 2.23. The highest BCUT2D eigenvalue weighted by molar-refractivity contribution is 5.93. The molecule has 1 fully saturated rings. The molecular weight excluding hydrogens is 357 g/mol. The van der Waals surface area contributed by atoms with Crippen LogP contribution in [0.15, 0.2) is 59.1 Å². The van der Waals surface area contributed by atoms with E-state index in [0.29, 0.717) is 30.0 Å². The number of hydrogen-bond donors (Lipinski definition) is 0. The Labute approximate surface area is 163 Å². The van der Waals surface area contributed by atoms with Crippen molar-refractivity contribution in [1.82, 2.24) is 15.0 Å². The minimum absolute atomic E-state index is 0.151. The van der Waals surface area contributed by atoms with Crippen LogP contribution in [0.2, 0.25) is 0 Å². The quantitative estimate of drug-likeness (QED) is 0.693. The van der Waals surface area contributed by atoms with Crippen molar-refractivity contribution in [2.45, 2.75) is 13.5 Å². The van der Waals surface area contributed by atoms with Gasteiger partial charge < -0.3 is 9.42 Å². The molecule has 6 heteroatoms. The maximum Gasteiger partial charge on any atom is 0.276 e. The highest BCUT2D eigenvalue weighted by Gasteiger charge is 2.25. The van der Waals surface area contributed by atoms with Gasteiger partial charge in [0.05, 0.1) is 0 Å². The molecule has 0 unspecified atom stereocenters. The van der Waals surface area contributed by atoms with Gasteiger partial charge in [-0.15, -0.1) is 0 Å². The van der Waals surface area contributed by atoms with Crippen LogP contribution < -0.4 is 0 Å². The van der Waals surface area contributed by atoms with Crippen LogP contribution >= 0.6 is 0 Å². The molecule has 2 heterocycles. The van der Waals surface area contributed by atoms with Crippen molar-refractivity contribution in [2.75, 3.05) is 26.2 Å². The third-order valence-electron chi connectivity index (χ3n) is 5.09. The number of amides is 1. The van der Waals surface area contributed by atoms with Crippen LogP contribution in [-0.4, -0.2) is 47.0 Å². The number of benzene rings is 2. The standard InChI is InChI=1S/C22H22FN3O2/c1-16-7-8-18(13-19(16)23)21-14-20(24-28-21)22(27)26-11-9-25(10-12-26)15-17-5-3-2-4-6-17/h2-8,13-14H,9-12,15H2,1H3. The van der Waals surface area contributed by atoms with Crippen molar-refractivity contribution in [3.8, 4) is 11.3 Å². The number of halogens is 1. The molecule has 0 radical (unpaired) electrons. The predicted octanol–water partition coefficient (Wildman–Crippen LogP) is 3.75. The normalized spacial score (nSPS) is 15.0. The van der Waals surface area contributed by atoms with Crippen molar-refractivity contribution in [2.24, 2.45) is 0 Å². The van der Waals surface area contributed by atoms with Gasteiger partial charge in [-0.1, -0.05) is 47.6 Å². The van der Waals surface area contributed by atoms with Gasteiger partial charge in [0.1, 0.15) is 5.82 Å². The van der Waals surface area contributed by atoms with Crippen LogP contribution in [0.1, 0.15) is 21.6 Å². The molecule has 0 saturated carbocycles. The molecule has 144 valence electrons. The van der Waals surface area contributed by atoms with E-state index in [2.05, 4.69) is 22.2 Å². The van der Waals surface area contributed by atoms with Gasteiger partial charge in [0.15, 0.2) is 11.5 Å². The molecule has 0 atom stereocenters. The second-order valence-corrected chi connectivity index (χ2v) is 7.09. The van der Waals surface area contributed by atoms with Gasteiger partial charge in [-0.05, 0) is 24.1 Å². The molecule has 0 bridgehead atoms. The van der Waals surface area contributed by atoms with Gasteiger partial charge in [-0.25, -0.2) is 4.39 Å². The lowest BCUT2D eigenvalue weighted by atomic mass is 10.1. The minimum Gasteiger partial charge on any atom is -0.355 e. The Bertz CT molecular complexity index is 963. The summed E-state index contributed by atoms with van der Waals surface area (Å²) >= 11 is 0. The first-order valence-corrected chi connectivity index (χ1v) is 9.39. The van der Waals surface area contributed by atoms with Crippen LogP contribution in [0.5, 0.6) is 0 Å². The summed E-state index contributed by atoms with van der Waals surface area (Å²) in [6.07, 6.45) is 0. The number of aryl methyl sites for hydroxylation is 1. The zero-order valence-electron chi connectivity index (χ0n) is 15.8. The maximum atomic E-state index is 13.8. The number of nitrogens with zero attached hydrogens (tertiary/aromatic N) is 3. The summed E-state index contributed by atoms with van der Waals surface area (Å²) in [7, 11) is 0. The summed E-state index contributed by atoms with van der Waals surface area (Å²) in [4.78, 5) is 16.9. The second-order valence-electron chi connectivity index (χ2n) is 7.09. The minimum atomic E-state index is -0.309. The van der Waals surface area contributed by atoms with E-state index in [1.54, 1.807) is 30.0 Å². The van der Waals surface area contributed by atoms with E-state index in [9.17, 15) is 9.18 Å². The zero-order chi connectivity index (χ0) is 19.5. The molecule has 1 saturated heterocycles. The first-order chi connectivity index (χ1) is 13.6. The fraction of sp³-hybridized carbons (Fsp3) is 0.273. The second kappa shape index (κ2) is 7.94. The lowest BCUT2D eigenvalue weighted by molar-refractivity contribution is 0.0618. The molecule has 4 rings (SSSR count). The Balaban J connectivity index is 1.38. The van der Waals surface area contributed by atoms with Crippen molar-refractivity contribution in [3.05, 3.63) is 77.2 Å². The topological polar surface area (TPSA) is 49.6 Å². The van der Waals surface area contributed by atoms with Crippen LogP contribution in [-0.2, 0) is 6.54 Å². The summed E-state index contributed by atoms with van der Waals surface area (Å²) in [6.45, 7) is 5.50. The Morgan fingerprint density at radius 2 is 1.82 bits per heavy atom. The maximum absolute atomic E-state index is 13.8. The van der Waals surface area contributed by atoms with E-state index in [-0.39, 0.29) is 17.4 Å². The van der Waals surface area contributed by atoms with Gasteiger partial charge >= 0.3 is 0 Å². The Morgan fingerprint density at radius 3 is 2.54 bits per heavy atom. The molecule has 0 spiro atoms. The van der Waals surface area contributed by atoms with Crippen LogP contribution in [0, 0.1) is 12.7 Å². The predicted molar refractivity (Wildman–Crippen MR) is 104 cm³/mol. The molecule has 0 aliphatic carbocycles. The lowest BCUT2D eigenvalue weighted by Gasteiger charge is -2.34. The van der Waals surface area contributed by atoms with Gasteiger partial charge in [0, 0.05) is 44.4 Å². The molecular formula is C22H22FN3O2. The van der Waals surface area contributed by atoms with E-state index >= 15 is 0 Å². The number of aromatic nitrogens is 1. The summed E-state index contributed by atoms with van der Waals surface area (Å²) in [5.74, 6) is -0.0665. The first-order valence-electron chi connectivity index (χ1n) is 9.39. The van der Waals surface area contributed by atoms with E-state index in [1.165, 1.54) is 11.6 Å². The van der Waals surface area contributed by atoms with E-state index < -0.39 is 0 Å². The Morgan fingerprint density at radius 1 is 1.07 bits per heavy atom. The average molecular weight is 379 g/mol. The summed E-state index contributed by atoms with van der Waals surface area (Å²) in [6, 6.07) is 16.7. The molecule has 5 nitrogen and oxygen atoms in total. The number of rotatable bonds is 4. The summed E-state index contributed by atoms with van der Waals surface area (Å²) < 4.78 is 19.1. The van der Waals surface area contributed by atoms with Crippen molar-refractivity contribution >= 4 is 5.91 Å². The van der Waals surface area contributed by atoms with Crippen molar-refractivity contribution < 1.29 is 13.7 Å². The van der Waals surface area contributed by atoms with E-state index in [4.69, 9.17) is 4.52 Å². The van der Waals surface area contributed by atoms with Crippen LogP contribution in [0.3, 0.4) is 0 Å². The Hall–Kier alpha value is -2.99. The number of carbonyl (C=O) groups excluding carboxylic acids is 1. The SMILES string of the molecule is Cc1ccc(-c2cc(C(=O)N3CCN(Cc4ccccc4)CC3)no2)cc1F. The van der Waals surface area contributed by atoms with Crippen LogP contribution in [0.4, 0.5) is 4.39 Å². The molecule has 1 aromatic heterocycles. The Kier molecular flexibility index (Phi) is 5.21. The number of hydrogen-bond acceptors (Lipinski definition) is 4. The molecule has 1 aliphatic heterocycles. The molecule has 0 N–H and O–H groups in total. The van der Waals surface area contributed by atoms with Crippen molar-refractivity contribution in [3.63, 3.8) is 0 Å². The smallest absolute Gasteiger partial charge is 0.276 e. The van der Waals surface area contributed by atoms with E-state index in [0.717, 1.165) is 19.6 Å². The fourth-order valence-corrected chi connectivity index (χ4v) is 3.37. The third-order valence-corrected chi connectivity index (χ3v) is 5.09. The monoisotopic (exact) mass is 379 g/mol. The van der Waals surface area contributed by atoms with Gasteiger partial charge in [-0.3, -0.25) is 9.69 Å².